The largest absolute Gasteiger partial charge is 0.368 e. The van der Waals surface area contributed by atoms with Crippen molar-refractivity contribution in [2.24, 2.45) is 0 Å². The summed E-state index contributed by atoms with van der Waals surface area (Å²) in [6.45, 7) is 3.81. The lowest BCUT2D eigenvalue weighted by Crippen LogP contribution is -2.43. The fourth-order valence-corrected chi connectivity index (χ4v) is 3.86. The molecule has 152 valence electrons. The van der Waals surface area contributed by atoms with Gasteiger partial charge in [0.2, 0.25) is 5.91 Å². The molecule has 1 aliphatic heterocycles. The first kappa shape index (κ1) is 19.7. The number of anilines is 1. The Kier molecular flexibility index (Phi) is 5.71. The smallest absolute Gasteiger partial charge is 0.250 e. The molecule has 1 N–H and O–H groups in total. The highest BCUT2D eigenvalue weighted by Gasteiger charge is 2.15. The van der Waals surface area contributed by atoms with Crippen molar-refractivity contribution in [3.05, 3.63) is 53.3 Å². The van der Waals surface area contributed by atoms with E-state index in [4.69, 9.17) is 16.4 Å². The molecule has 3 aromatic rings. The minimum Gasteiger partial charge on any atom is -0.368 e. The van der Waals surface area contributed by atoms with E-state index in [0.29, 0.717) is 0 Å². The summed E-state index contributed by atoms with van der Waals surface area (Å²) >= 11 is 6.62. The van der Waals surface area contributed by atoms with Crippen LogP contribution in [0.5, 0.6) is 0 Å². The van der Waals surface area contributed by atoms with Crippen LogP contribution in [-0.2, 0) is 16.1 Å². The maximum atomic E-state index is 12.2. The van der Waals surface area contributed by atoms with Gasteiger partial charge in [-0.05, 0) is 35.9 Å². The van der Waals surface area contributed by atoms with Crippen LogP contribution in [0.4, 0.5) is 5.69 Å². The predicted molar refractivity (Wildman–Crippen MR) is 115 cm³/mol. The predicted octanol–water partition coefficient (Wildman–Crippen LogP) is 2.65. The van der Waals surface area contributed by atoms with Gasteiger partial charge in [0.05, 0.1) is 35.3 Å². The number of hydrogen-bond donors (Lipinski definition) is 1. The highest BCUT2D eigenvalue weighted by atomic mass is 35.5. The Hall–Kier alpha value is -2.61. The van der Waals surface area contributed by atoms with Gasteiger partial charge in [0, 0.05) is 38.9 Å². The van der Waals surface area contributed by atoms with E-state index in [1.165, 1.54) is 12.2 Å². The number of fused-ring (bicyclic) bond motifs is 1. The zero-order valence-electron chi connectivity index (χ0n) is 16.6. The quantitative estimate of drug-likeness (QED) is 0.651. The summed E-state index contributed by atoms with van der Waals surface area (Å²) < 4.78 is 2.00. The molecule has 1 aromatic heterocycles. The highest BCUT2D eigenvalue weighted by molar-refractivity contribution is 6.33. The second-order valence-electron chi connectivity index (χ2n) is 7.06. The van der Waals surface area contributed by atoms with E-state index in [1.54, 1.807) is 13.4 Å². The average Bonchev–Trinajstić information content (AvgIpc) is 3.17. The second-order valence-corrected chi connectivity index (χ2v) is 7.47. The lowest BCUT2D eigenvalue weighted by Gasteiger charge is -2.30. The molecule has 29 heavy (non-hydrogen) atoms. The molecule has 1 fully saturated rings. The summed E-state index contributed by atoms with van der Waals surface area (Å²) in [5.74, 6) is -0.110. The summed E-state index contributed by atoms with van der Waals surface area (Å²) in [6.07, 6.45) is 2.04. The number of carbonyl (C=O) groups excluding carboxylic acids is 1. The number of likely N-dealkylation sites (N-methyl/N-ethyl adjacent to an activating group) is 1. The van der Waals surface area contributed by atoms with E-state index in [-0.39, 0.29) is 12.3 Å². The van der Waals surface area contributed by atoms with Crippen LogP contribution in [0.15, 0.2) is 42.7 Å². The van der Waals surface area contributed by atoms with Crippen LogP contribution in [0.3, 0.4) is 0 Å². The van der Waals surface area contributed by atoms with E-state index in [1.807, 2.05) is 28.8 Å². The van der Waals surface area contributed by atoms with Crippen LogP contribution in [0.1, 0.15) is 5.56 Å². The molecule has 0 spiro atoms. The van der Waals surface area contributed by atoms with Gasteiger partial charge in [-0.25, -0.2) is 10.0 Å². The molecule has 4 rings (SSSR count). The van der Waals surface area contributed by atoms with Gasteiger partial charge in [-0.2, -0.15) is 0 Å². The number of hydroxylamine groups is 2. The van der Waals surface area contributed by atoms with Crippen molar-refractivity contribution < 1.29 is 9.63 Å². The zero-order chi connectivity index (χ0) is 20.4. The fraction of sp³-hybridized carbons (Fsp3) is 0.333. The van der Waals surface area contributed by atoms with Crippen LogP contribution in [0.25, 0.3) is 16.7 Å². The average molecular weight is 414 g/mol. The van der Waals surface area contributed by atoms with E-state index >= 15 is 0 Å². The topological polar surface area (TPSA) is 62.6 Å². The number of piperazine rings is 1. The summed E-state index contributed by atoms with van der Waals surface area (Å²) in [7, 11) is 3.08. The van der Waals surface area contributed by atoms with Gasteiger partial charge in [-0.3, -0.25) is 14.2 Å². The Balaban J connectivity index is 1.64. The minimum atomic E-state index is -0.110. The number of rotatable bonds is 5. The summed E-state index contributed by atoms with van der Waals surface area (Å²) in [5.41, 5.74) is 4.69. The Morgan fingerprint density at radius 1 is 1.24 bits per heavy atom. The van der Waals surface area contributed by atoms with E-state index in [9.17, 15) is 4.79 Å². The Labute approximate surface area is 174 Å². The number of aromatic nitrogens is 2. The van der Waals surface area contributed by atoms with Crippen LogP contribution in [0, 0.1) is 0 Å². The molecule has 2 aromatic carbocycles. The van der Waals surface area contributed by atoms with Gasteiger partial charge < -0.3 is 10.2 Å². The molecule has 1 aliphatic rings. The van der Waals surface area contributed by atoms with Gasteiger partial charge in [0.25, 0.3) is 0 Å². The molecule has 7 nitrogen and oxygen atoms in total. The minimum absolute atomic E-state index is 0.110. The van der Waals surface area contributed by atoms with Crippen LogP contribution < -0.4 is 10.2 Å². The second kappa shape index (κ2) is 8.41. The van der Waals surface area contributed by atoms with Crippen molar-refractivity contribution >= 4 is 34.2 Å². The first-order valence-corrected chi connectivity index (χ1v) is 9.97. The molecule has 0 radical (unpaired) electrons. The van der Waals surface area contributed by atoms with Crippen LogP contribution in [0.2, 0.25) is 5.02 Å². The van der Waals surface area contributed by atoms with Crippen LogP contribution in [-0.4, -0.2) is 60.9 Å². The number of carbonyl (C=O) groups is 1. The Bertz CT molecular complexity index is 1030. The van der Waals surface area contributed by atoms with Crippen LogP contribution >= 0.6 is 11.6 Å². The van der Waals surface area contributed by atoms with Crippen molar-refractivity contribution in [2.45, 2.75) is 6.42 Å². The van der Waals surface area contributed by atoms with Crippen molar-refractivity contribution in [1.82, 2.24) is 19.9 Å². The fourth-order valence-electron chi connectivity index (χ4n) is 3.56. The van der Waals surface area contributed by atoms with E-state index in [2.05, 4.69) is 27.3 Å². The number of nitrogens with one attached hydrogen (secondary N) is 1. The van der Waals surface area contributed by atoms with Gasteiger partial charge in [-0.1, -0.05) is 17.7 Å². The molecule has 0 unspecified atom stereocenters. The molecular formula is C21H24ClN5O2. The molecular weight excluding hydrogens is 390 g/mol. The molecule has 0 aliphatic carbocycles. The maximum Gasteiger partial charge on any atom is 0.250 e. The standard InChI is InChI=1S/C21H24ClN5O2/c1-25(29-2)21(28)12-15-3-5-18-20(11-15)27(14-24-18)16-4-6-19(17(22)13-16)26-9-7-23-8-10-26/h3-6,11,13-14,23H,7-10,12H2,1-2H3. The molecule has 8 heteroatoms. The van der Waals surface area contributed by atoms with E-state index in [0.717, 1.165) is 59.2 Å². The third kappa shape index (κ3) is 4.07. The first-order chi connectivity index (χ1) is 14.1. The number of imidazole rings is 1. The third-order valence-electron chi connectivity index (χ3n) is 5.26. The van der Waals surface area contributed by atoms with Gasteiger partial charge in [0.15, 0.2) is 0 Å². The number of benzene rings is 2. The lowest BCUT2D eigenvalue weighted by molar-refractivity contribution is -0.167. The Morgan fingerprint density at radius 3 is 2.76 bits per heavy atom. The molecule has 0 saturated carbocycles. The zero-order valence-corrected chi connectivity index (χ0v) is 17.3. The number of halogens is 1. The Morgan fingerprint density at radius 2 is 2.03 bits per heavy atom. The summed E-state index contributed by atoms with van der Waals surface area (Å²) in [6, 6.07) is 11.9. The number of nitrogens with zero attached hydrogens (tertiary/aromatic N) is 4. The first-order valence-electron chi connectivity index (χ1n) is 9.59. The maximum absolute atomic E-state index is 12.2. The van der Waals surface area contributed by atoms with Crippen molar-refractivity contribution in [3.63, 3.8) is 0 Å². The molecule has 0 bridgehead atoms. The SMILES string of the molecule is CON(C)C(=O)Cc1ccc2ncn(-c3ccc(N4CCNCC4)c(Cl)c3)c2c1. The van der Waals surface area contributed by atoms with E-state index < -0.39 is 0 Å². The number of amides is 1. The molecule has 0 atom stereocenters. The third-order valence-corrected chi connectivity index (χ3v) is 5.56. The van der Waals surface area contributed by atoms with Crippen molar-refractivity contribution in [3.8, 4) is 5.69 Å². The lowest BCUT2D eigenvalue weighted by atomic mass is 10.1. The molecule has 1 amide bonds. The highest BCUT2D eigenvalue weighted by Crippen LogP contribution is 2.30. The molecule has 2 heterocycles. The van der Waals surface area contributed by atoms with Gasteiger partial charge >= 0.3 is 0 Å². The summed E-state index contributed by atoms with van der Waals surface area (Å²) in [5, 5.41) is 5.31. The van der Waals surface area contributed by atoms with Gasteiger partial charge in [0.1, 0.15) is 6.33 Å². The van der Waals surface area contributed by atoms with Crippen molar-refractivity contribution in [2.75, 3.05) is 45.2 Å². The molecule has 1 saturated heterocycles. The monoisotopic (exact) mass is 413 g/mol. The summed E-state index contributed by atoms with van der Waals surface area (Å²) in [4.78, 5) is 23.9. The number of hydrogen-bond acceptors (Lipinski definition) is 5. The van der Waals surface area contributed by atoms with Gasteiger partial charge in [-0.15, -0.1) is 0 Å². The van der Waals surface area contributed by atoms with Crippen molar-refractivity contribution in [1.29, 1.82) is 0 Å². The normalized spacial score (nSPS) is 14.4.